The van der Waals surface area contributed by atoms with Gasteiger partial charge in [-0.25, -0.2) is 0 Å². The maximum atomic E-state index is 6.20. The van der Waals surface area contributed by atoms with E-state index >= 15 is 0 Å². The molecule has 344 valence electrons. The summed E-state index contributed by atoms with van der Waals surface area (Å²) >= 11 is 0. The summed E-state index contributed by atoms with van der Waals surface area (Å²) in [7, 11) is -11.0. The predicted molar refractivity (Wildman–Crippen MR) is 238 cm³/mol. The summed E-state index contributed by atoms with van der Waals surface area (Å²) in [5.74, 6) is 0. The minimum atomic E-state index is -2.75. The third-order valence-electron chi connectivity index (χ3n) is 9.15. The van der Waals surface area contributed by atoms with Crippen LogP contribution in [0.1, 0.15) is 115 Å². The van der Waals surface area contributed by atoms with Gasteiger partial charge in [0, 0.05) is 103 Å². The molecule has 0 amide bonds. The molecule has 0 N–H and O–H groups in total. The summed E-state index contributed by atoms with van der Waals surface area (Å²) in [6, 6.07) is 3.15. The molecule has 0 radical (unpaired) electrons. The van der Waals surface area contributed by atoms with Gasteiger partial charge in [0.05, 0.1) is 0 Å². The van der Waals surface area contributed by atoms with Crippen LogP contribution in [0.4, 0.5) is 0 Å². The molecule has 0 heterocycles. The van der Waals surface area contributed by atoms with Crippen molar-refractivity contribution >= 4 is 35.2 Å². The largest absolute Gasteiger partial charge is 0.500 e. The average molecular weight is 891 g/mol. The van der Waals surface area contributed by atoms with Crippen molar-refractivity contribution in [1.29, 1.82) is 0 Å². The summed E-state index contributed by atoms with van der Waals surface area (Å²) in [6.45, 7) is 36.8. The lowest BCUT2D eigenvalue weighted by Gasteiger charge is -2.32. The summed E-state index contributed by atoms with van der Waals surface area (Å²) in [5.41, 5.74) is 0. The summed E-state index contributed by atoms with van der Waals surface area (Å²) in [6.07, 6.45) is 4.74. The molecule has 0 aliphatic carbocycles. The van der Waals surface area contributed by atoms with Crippen molar-refractivity contribution in [3.8, 4) is 0 Å². The molecule has 0 aliphatic rings. The van der Waals surface area contributed by atoms with E-state index in [4.69, 9.17) is 53.1 Å². The Morgan fingerprint density at radius 2 is 0.368 bits per heavy atom. The molecule has 0 unspecified atom stereocenters. The highest BCUT2D eigenvalue weighted by atomic mass is 28.4. The molecule has 14 nitrogen and oxygen atoms in total. The molecule has 57 heavy (non-hydrogen) atoms. The molecule has 0 aromatic rings. The lowest BCUT2D eigenvalue weighted by atomic mass is 10.2. The van der Waals surface area contributed by atoms with E-state index in [-0.39, 0.29) is 0 Å². The molecule has 0 saturated heterocycles. The fourth-order valence-corrected chi connectivity index (χ4v) is 17.6. The van der Waals surface area contributed by atoms with E-state index < -0.39 is 35.2 Å². The van der Waals surface area contributed by atoms with Crippen molar-refractivity contribution in [1.82, 2.24) is 9.80 Å². The van der Waals surface area contributed by atoms with E-state index in [0.717, 1.165) is 95.5 Å². The minimum absolute atomic E-state index is 0.581. The highest BCUT2D eigenvalue weighted by Gasteiger charge is 2.43. The first-order valence-electron chi connectivity index (χ1n) is 22.7. The van der Waals surface area contributed by atoms with Crippen LogP contribution >= 0.6 is 0 Å². The fraction of sp³-hybridized carbons (Fsp3) is 1.00. The highest BCUT2D eigenvalue weighted by molar-refractivity contribution is 6.61. The van der Waals surface area contributed by atoms with E-state index in [0.29, 0.717) is 79.3 Å². The van der Waals surface area contributed by atoms with E-state index in [1.54, 1.807) is 0 Å². The van der Waals surface area contributed by atoms with Crippen LogP contribution in [0.2, 0.25) is 24.2 Å². The Hall–Kier alpha value is 0.308. The van der Waals surface area contributed by atoms with Gasteiger partial charge < -0.3 is 62.9 Å². The zero-order chi connectivity index (χ0) is 42.7. The summed E-state index contributed by atoms with van der Waals surface area (Å²) < 4.78 is 74.4. The molecular weight excluding hydrogens is 801 g/mol. The van der Waals surface area contributed by atoms with Gasteiger partial charge in [0.2, 0.25) is 0 Å². The number of hydrogen-bond acceptors (Lipinski definition) is 14. The van der Waals surface area contributed by atoms with Crippen LogP contribution < -0.4 is 0 Å². The fourth-order valence-electron chi connectivity index (χ4n) is 7.27. The van der Waals surface area contributed by atoms with Crippen molar-refractivity contribution in [3.05, 3.63) is 0 Å². The Morgan fingerprint density at radius 1 is 0.228 bits per heavy atom. The molecule has 0 rings (SSSR count). The third kappa shape index (κ3) is 24.5. The van der Waals surface area contributed by atoms with Crippen LogP contribution in [0.15, 0.2) is 0 Å². The van der Waals surface area contributed by atoms with Gasteiger partial charge in [0.1, 0.15) is 0 Å². The molecule has 0 bridgehead atoms. The Labute approximate surface area is 354 Å². The monoisotopic (exact) mass is 891 g/mol. The van der Waals surface area contributed by atoms with Crippen LogP contribution in [-0.4, -0.2) is 164 Å². The van der Waals surface area contributed by atoms with E-state index in [1.165, 1.54) is 0 Å². The van der Waals surface area contributed by atoms with Gasteiger partial charge in [-0.05, 0) is 154 Å². The Bertz CT molecular complexity index is 708. The van der Waals surface area contributed by atoms with Gasteiger partial charge in [0.15, 0.2) is 0 Å². The molecule has 0 spiro atoms. The van der Waals surface area contributed by atoms with Gasteiger partial charge in [-0.2, -0.15) is 0 Å². The van der Waals surface area contributed by atoms with Crippen LogP contribution in [0, 0.1) is 0 Å². The van der Waals surface area contributed by atoms with E-state index in [9.17, 15) is 0 Å². The van der Waals surface area contributed by atoms with Crippen molar-refractivity contribution in [2.45, 2.75) is 139 Å². The molecule has 0 atom stereocenters. The van der Waals surface area contributed by atoms with Gasteiger partial charge in [-0.15, -0.1) is 0 Å². The zero-order valence-corrected chi connectivity index (χ0v) is 42.9. The standard InChI is InChI=1S/C39H90N2O12Si4/c1-13-42-54(43-14-2,44-15-3)36-26-32-40(33-27-37-55(45-16-4,46-17-5)47-18-6)30-25-31-41(34-28-38-56(48-19-7,49-20-8)50-21-9)35-29-39-57(51-22-10,52-23-11)53-24-12/h13-39H2,1-12H3. The van der Waals surface area contributed by atoms with Crippen LogP contribution in [0.25, 0.3) is 0 Å². The Balaban J connectivity index is 6.16. The number of rotatable bonds is 44. The highest BCUT2D eigenvalue weighted by Crippen LogP contribution is 2.23. The first-order valence-corrected chi connectivity index (χ1v) is 30.4. The van der Waals surface area contributed by atoms with Gasteiger partial charge >= 0.3 is 35.2 Å². The lowest BCUT2D eigenvalue weighted by molar-refractivity contribution is 0.0682. The van der Waals surface area contributed by atoms with Gasteiger partial charge in [0.25, 0.3) is 0 Å². The number of hydrogen-bond donors (Lipinski definition) is 0. The molecular formula is C39H90N2O12Si4. The van der Waals surface area contributed by atoms with Gasteiger partial charge in [-0.1, -0.05) is 0 Å². The predicted octanol–water partition coefficient (Wildman–Crippen LogP) is 7.73. The maximum Gasteiger partial charge on any atom is 0.500 e. The number of nitrogens with zero attached hydrogens (tertiary/aromatic N) is 2. The van der Waals surface area contributed by atoms with E-state index in [1.807, 2.05) is 83.1 Å². The molecule has 0 aromatic heterocycles. The molecule has 0 aromatic carbocycles. The van der Waals surface area contributed by atoms with Crippen molar-refractivity contribution < 1.29 is 53.1 Å². The van der Waals surface area contributed by atoms with Crippen LogP contribution in [-0.2, 0) is 53.1 Å². The molecule has 0 fully saturated rings. The Kier molecular flexibility index (Phi) is 36.1. The smallest absolute Gasteiger partial charge is 0.374 e. The van der Waals surface area contributed by atoms with Crippen molar-refractivity contribution in [2.24, 2.45) is 0 Å². The van der Waals surface area contributed by atoms with Crippen LogP contribution in [0.5, 0.6) is 0 Å². The first kappa shape index (κ1) is 57.3. The second kappa shape index (κ2) is 35.9. The van der Waals surface area contributed by atoms with Crippen molar-refractivity contribution in [2.75, 3.05) is 119 Å². The minimum Gasteiger partial charge on any atom is -0.374 e. The second-order valence-electron chi connectivity index (χ2n) is 13.4. The first-order chi connectivity index (χ1) is 27.6. The summed E-state index contributed by atoms with van der Waals surface area (Å²) in [5, 5.41) is 0. The average Bonchev–Trinajstić information content (AvgIpc) is 3.16. The quantitative estimate of drug-likeness (QED) is 0.0556. The molecule has 0 saturated carbocycles. The SMILES string of the molecule is CCO[Si](CCCN(CCCN(CCC[Si](OCC)(OCC)OCC)CCC[Si](OCC)(OCC)OCC)CCC[Si](OCC)(OCC)OCC)(OCC)OCC. The Morgan fingerprint density at radius 3 is 0.509 bits per heavy atom. The second-order valence-corrected chi connectivity index (χ2v) is 24.3. The maximum absolute atomic E-state index is 6.20. The van der Waals surface area contributed by atoms with Gasteiger partial charge in [-0.3, -0.25) is 0 Å². The van der Waals surface area contributed by atoms with E-state index in [2.05, 4.69) is 9.80 Å². The van der Waals surface area contributed by atoms with Crippen molar-refractivity contribution in [3.63, 3.8) is 0 Å². The molecule has 0 aliphatic heterocycles. The molecule has 18 heteroatoms. The normalized spacial score (nSPS) is 13.2. The topological polar surface area (TPSA) is 117 Å². The zero-order valence-electron chi connectivity index (χ0n) is 38.9. The van der Waals surface area contributed by atoms with Crippen LogP contribution in [0.3, 0.4) is 0 Å². The third-order valence-corrected chi connectivity index (χ3v) is 21.8. The summed E-state index contributed by atoms with van der Waals surface area (Å²) in [4.78, 5) is 5.16. The lowest BCUT2D eigenvalue weighted by Crippen LogP contribution is -2.47.